The van der Waals surface area contributed by atoms with Crippen molar-refractivity contribution in [1.29, 1.82) is 0 Å². The van der Waals surface area contributed by atoms with Gasteiger partial charge in [0.2, 0.25) is 5.91 Å². The first kappa shape index (κ1) is 18.4. The van der Waals surface area contributed by atoms with Crippen LogP contribution in [0.1, 0.15) is 16.7 Å². The molecule has 1 aliphatic rings. The SMILES string of the molecule is COc1cc2c(cc1OC)CN(C(=O)CNc1ccc(Cl)cc1C)CC2. The molecule has 0 aromatic heterocycles. The summed E-state index contributed by atoms with van der Waals surface area (Å²) in [6.07, 6.45) is 0.807. The predicted molar refractivity (Wildman–Crippen MR) is 103 cm³/mol. The summed E-state index contributed by atoms with van der Waals surface area (Å²) in [5.41, 5.74) is 4.25. The van der Waals surface area contributed by atoms with Crippen LogP contribution in [0.15, 0.2) is 30.3 Å². The summed E-state index contributed by atoms with van der Waals surface area (Å²) in [7, 11) is 3.25. The summed E-state index contributed by atoms with van der Waals surface area (Å²) in [6, 6.07) is 9.56. The number of nitrogens with one attached hydrogen (secondary N) is 1. The van der Waals surface area contributed by atoms with Crippen molar-refractivity contribution < 1.29 is 14.3 Å². The fourth-order valence-electron chi connectivity index (χ4n) is 3.20. The third-order valence-electron chi connectivity index (χ3n) is 4.69. The number of aryl methyl sites for hydroxylation is 1. The Hall–Kier alpha value is -2.40. The first-order chi connectivity index (χ1) is 12.5. The highest BCUT2D eigenvalue weighted by atomic mass is 35.5. The lowest BCUT2D eigenvalue weighted by molar-refractivity contribution is -0.130. The van der Waals surface area contributed by atoms with E-state index < -0.39 is 0 Å². The Kier molecular flexibility index (Phi) is 5.57. The third-order valence-corrected chi connectivity index (χ3v) is 4.92. The van der Waals surface area contributed by atoms with Gasteiger partial charge in [0.25, 0.3) is 0 Å². The second-order valence-corrected chi connectivity index (χ2v) is 6.79. The standard InChI is InChI=1S/C20H23ClN2O3/c1-13-8-16(21)4-5-17(13)22-11-20(24)23-7-6-14-9-18(25-2)19(26-3)10-15(14)12-23/h4-5,8-10,22H,6-7,11-12H2,1-3H3. The lowest BCUT2D eigenvalue weighted by Gasteiger charge is -2.30. The number of ether oxygens (including phenoxy) is 2. The maximum atomic E-state index is 12.6. The molecular formula is C20H23ClN2O3. The molecule has 0 fully saturated rings. The summed E-state index contributed by atoms with van der Waals surface area (Å²) in [5, 5.41) is 3.90. The monoisotopic (exact) mass is 374 g/mol. The third kappa shape index (κ3) is 3.88. The minimum Gasteiger partial charge on any atom is -0.493 e. The van der Waals surface area contributed by atoms with E-state index in [2.05, 4.69) is 5.32 Å². The lowest BCUT2D eigenvalue weighted by atomic mass is 9.98. The van der Waals surface area contributed by atoms with Crippen molar-refractivity contribution in [3.05, 3.63) is 52.0 Å². The van der Waals surface area contributed by atoms with Gasteiger partial charge < -0.3 is 19.7 Å². The average molecular weight is 375 g/mol. The van der Waals surface area contributed by atoms with Gasteiger partial charge in [-0.2, -0.15) is 0 Å². The van der Waals surface area contributed by atoms with E-state index in [0.717, 1.165) is 29.0 Å². The largest absolute Gasteiger partial charge is 0.493 e. The van der Waals surface area contributed by atoms with Crippen molar-refractivity contribution in [2.75, 3.05) is 32.6 Å². The number of anilines is 1. The number of rotatable bonds is 5. The fraction of sp³-hybridized carbons (Fsp3) is 0.350. The minimum absolute atomic E-state index is 0.0692. The maximum Gasteiger partial charge on any atom is 0.242 e. The summed E-state index contributed by atoms with van der Waals surface area (Å²) < 4.78 is 10.7. The molecule has 138 valence electrons. The van der Waals surface area contributed by atoms with Crippen molar-refractivity contribution >= 4 is 23.2 Å². The molecule has 0 spiro atoms. The Bertz CT molecular complexity index is 823. The Morgan fingerprint density at radius 3 is 2.50 bits per heavy atom. The van der Waals surface area contributed by atoms with Gasteiger partial charge in [-0.3, -0.25) is 4.79 Å². The van der Waals surface area contributed by atoms with Gasteiger partial charge in [-0.15, -0.1) is 0 Å². The number of halogens is 1. The van der Waals surface area contributed by atoms with Gasteiger partial charge in [-0.05, 0) is 60.4 Å². The topological polar surface area (TPSA) is 50.8 Å². The van der Waals surface area contributed by atoms with Crippen molar-refractivity contribution in [2.45, 2.75) is 19.9 Å². The van der Waals surface area contributed by atoms with E-state index in [4.69, 9.17) is 21.1 Å². The quantitative estimate of drug-likeness (QED) is 0.867. The van der Waals surface area contributed by atoms with Gasteiger partial charge in [0, 0.05) is 23.8 Å². The molecule has 1 aliphatic heterocycles. The number of nitrogens with zero attached hydrogens (tertiary/aromatic N) is 1. The van der Waals surface area contributed by atoms with E-state index in [1.807, 2.05) is 42.2 Å². The van der Waals surface area contributed by atoms with Gasteiger partial charge >= 0.3 is 0 Å². The maximum absolute atomic E-state index is 12.6. The van der Waals surface area contributed by atoms with Crippen LogP contribution in [-0.2, 0) is 17.8 Å². The van der Waals surface area contributed by atoms with Crippen molar-refractivity contribution in [3.63, 3.8) is 0 Å². The highest BCUT2D eigenvalue weighted by molar-refractivity contribution is 6.30. The van der Waals surface area contributed by atoms with Gasteiger partial charge in [-0.25, -0.2) is 0 Å². The summed E-state index contributed by atoms with van der Waals surface area (Å²) in [5.74, 6) is 1.49. The number of hydrogen-bond acceptors (Lipinski definition) is 4. The van der Waals surface area contributed by atoms with Gasteiger partial charge in [0.05, 0.1) is 20.8 Å². The lowest BCUT2D eigenvalue weighted by Crippen LogP contribution is -2.39. The highest BCUT2D eigenvalue weighted by Gasteiger charge is 2.22. The van der Waals surface area contributed by atoms with Crippen LogP contribution < -0.4 is 14.8 Å². The number of methoxy groups -OCH3 is 2. The molecule has 1 N–H and O–H groups in total. The van der Waals surface area contributed by atoms with Crippen molar-refractivity contribution in [3.8, 4) is 11.5 Å². The van der Waals surface area contributed by atoms with E-state index in [-0.39, 0.29) is 12.5 Å². The first-order valence-corrected chi connectivity index (χ1v) is 8.91. The first-order valence-electron chi connectivity index (χ1n) is 8.53. The van der Waals surface area contributed by atoms with E-state index in [1.165, 1.54) is 5.56 Å². The van der Waals surface area contributed by atoms with Gasteiger partial charge in [0.15, 0.2) is 11.5 Å². The molecule has 0 aliphatic carbocycles. The molecule has 0 bridgehead atoms. The molecule has 1 heterocycles. The predicted octanol–water partition coefficient (Wildman–Crippen LogP) is 3.66. The summed E-state index contributed by atoms with van der Waals surface area (Å²) in [4.78, 5) is 14.5. The second-order valence-electron chi connectivity index (χ2n) is 6.35. The molecule has 0 unspecified atom stereocenters. The van der Waals surface area contributed by atoms with Crippen molar-refractivity contribution in [1.82, 2.24) is 4.90 Å². The van der Waals surface area contributed by atoms with Crippen LogP contribution in [-0.4, -0.2) is 38.1 Å². The Balaban J connectivity index is 1.67. The molecule has 2 aromatic carbocycles. The Morgan fingerprint density at radius 2 is 1.85 bits per heavy atom. The van der Waals surface area contributed by atoms with Crippen molar-refractivity contribution in [2.24, 2.45) is 0 Å². The van der Waals surface area contributed by atoms with E-state index in [9.17, 15) is 4.79 Å². The number of carbonyl (C=O) groups is 1. The number of amides is 1. The van der Waals surface area contributed by atoms with Crippen LogP contribution in [0.4, 0.5) is 5.69 Å². The molecule has 5 nitrogen and oxygen atoms in total. The van der Waals surface area contributed by atoms with Crippen LogP contribution in [0.3, 0.4) is 0 Å². The molecule has 3 rings (SSSR count). The molecule has 6 heteroatoms. The molecule has 26 heavy (non-hydrogen) atoms. The number of carbonyl (C=O) groups excluding carboxylic acids is 1. The minimum atomic E-state index is 0.0692. The molecule has 0 saturated heterocycles. The smallest absolute Gasteiger partial charge is 0.242 e. The number of hydrogen-bond donors (Lipinski definition) is 1. The molecule has 0 radical (unpaired) electrons. The van der Waals surface area contributed by atoms with Gasteiger partial charge in [0.1, 0.15) is 0 Å². The Morgan fingerprint density at radius 1 is 1.15 bits per heavy atom. The van der Waals surface area contributed by atoms with Gasteiger partial charge in [-0.1, -0.05) is 11.6 Å². The molecule has 1 amide bonds. The van der Waals surface area contributed by atoms with Crippen LogP contribution >= 0.6 is 11.6 Å². The molecule has 0 saturated carbocycles. The highest BCUT2D eigenvalue weighted by Crippen LogP contribution is 2.33. The van der Waals surface area contributed by atoms with E-state index >= 15 is 0 Å². The normalized spacial score (nSPS) is 13.2. The zero-order valence-corrected chi connectivity index (χ0v) is 16.0. The molecule has 0 atom stereocenters. The zero-order chi connectivity index (χ0) is 18.7. The van der Waals surface area contributed by atoms with Crippen LogP contribution in [0.25, 0.3) is 0 Å². The van der Waals surface area contributed by atoms with Crippen LogP contribution in [0, 0.1) is 6.92 Å². The van der Waals surface area contributed by atoms with E-state index in [0.29, 0.717) is 23.9 Å². The van der Waals surface area contributed by atoms with Crippen LogP contribution in [0.2, 0.25) is 5.02 Å². The summed E-state index contributed by atoms with van der Waals surface area (Å²) >= 11 is 5.97. The second kappa shape index (κ2) is 7.87. The fourth-order valence-corrected chi connectivity index (χ4v) is 3.43. The Labute approximate surface area is 158 Å². The summed E-state index contributed by atoms with van der Waals surface area (Å²) in [6.45, 7) is 3.50. The molecule has 2 aromatic rings. The number of benzene rings is 2. The number of fused-ring (bicyclic) bond motifs is 1. The van der Waals surface area contributed by atoms with Crippen LogP contribution in [0.5, 0.6) is 11.5 Å². The van der Waals surface area contributed by atoms with E-state index in [1.54, 1.807) is 14.2 Å². The zero-order valence-electron chi connectivity index (χ0n) is 15.3. The average Bonchev–Trinajstić information content (AvgIpc) is 2.65. The molecular weight excluding hydrogens is 352 g/mol.